The van der Waals surface area contributed by atoms with Crippen LogP contribution in [0.5, 0.6) is 0 Å². The van der Waals surface area contributed by atoms with Gasteiger partial charge in [0.15, 0.2) is 0 Å². The average molecular weight is 317 g/mol. The number of hydrogen-bond donors (Lipinski definition) is 1. The highest BCUT2D eigenvalue weighted by Crippen LogP contribution is 2.31. The molecule has 21 heavy (non-hydrogen) atoms. The third-order valence-electron chi connectivity index (χ3n) is 4.30. The van der Waals surface area contributed by atoms with E-state index in [0.29, 0.717) is 17.9 Å². The summed E-state index contributed by atoms with van der Waals surface area (Å²) in [4.78, 5) is -0.340. The largest absolute Gasteiger partial charge is 0.382 e. The van der Waals surface area contributed by atoms with Gasteiger partial charge >= 0.3 is 5.76 Å². The molecule has 0 aromatic heterocycles. The SMILES string of the molecule is CC1CCCC(C)C1Nc1ccc(S(=O)(=O)C(F)F)cc1. The fourth-order valence-corrected chi connectivity index (χ4v) is 3.72. The second-order valence-corrected chi connectivity index (χ2v) is 7.80. The van der Waals surface area contributed by atoms with Crippen molar-refractivity contribution in [3.05, 3.63) is 24.3 Å². The van der Waals surface area contributed by atoms with Crippen molar-refractivity contribution in [2.75, 3.05) is 5.32 Å². The predicted octanol–water partition coefficient (Wildman–Crippen LogP) is 3.92. The normalized spacial score (nSPS) is 26.8. The average Bonchev–Trinajstić information content (AvgIpc) is 2.43. The third-order valence-corrected chi connectivity index (χ3v) is 5.69. The molecule has 0 spiro atoms. The third kappa shape index (κ3) is 3.54. The first-order chi connectivity index (χ1) is 9.82. The van der Waals surface area contributed by atoms with E-state index in [1.165, 1.54) is 31.4 Å². The van der Waals surface area contributed by atoms with E-state index in [1.807, 2.05) is 0 Å². The quantitative estimate of drug-likeness (QED) is 0.915. The number of halogens is 2. The highest BCUT2D eigenvalue weighted by Gasteiger charge is 2.28. The number of anilines is 1. The summed E-state index contributed by atoms with van der Waals surface area (Å²) in [5.74, 6) is -2.30. The molecule has 1 aromatic rings. The molecule has 1 aromatic carbocycles. The molecule has 118 valence electrons. The van der Waals surface area contributed by atoms with E-state index in [9.17, 15) is 17.2 Å². The van der Waals surface area contributed by atoms with E-state index < -0.39 is 15.6 Å². The molecule has 0 aliphatic heterocycles. The Morgan fingerprint density at radius 2 is 1.62 bits per heavy atom. The van der Waals surface area contributed by atoms with Crippen LogP contribution in [0.25, 0.3) is 0 Å². The molecule has 6 heteroatoms. The van der Waals surface area contributed by atoms with Crippen molar-refractivity contribution in [3.63, 3.8) is 0 Å². The van der Waals surface area contributed by atoms with Crippen molar-refractivity contribution >= 4 is 15.5 Å². The monoisotopic (exact) mass is 317 g/mol. The summed E-state index contributed by atoms with van der Waals surface area (Å²) in [5, 5.41) is 3.41. The first-order valence-corrected chi connectivity index (χ1v) is 8.75. The molecule has 1 N–H and O–H groups in total. The van der Waals surface area contributed by atoms with Gasteiger partial charge in [-0.3, -0.25) is 0 Å². The Hall–Kier alpha value is -1.17. The first-order valence-electron chi connectivity index (χ1n) is 7.21. The summed E-state index contributed by atoms with van der Waals surface area (Å²) in [6.07, 6.45) is 3.56. The van der Waals surface area contributed by atoms with Crippen LogP contribution in [0.15, 0.2) is 29.2 Å². The topological polar surface area (TPSA) is 46.2 Å². The second-order valence-electron chi connectivity index (χ2n) is 5.89. The number of sulfone groups is 1. The number of benzene rings is 1. The molecule has 1 aliphatic rings. The minimum atomic E-state index is -4.51. The van der Waals surface area contributed by atoms with Gasteiger partial charge in [-0.1, -0.05) is 20.3 Å². The Kier molecular flexibility index (Phi) is 4.86. The Morgan fingerprint density at radius 3 is 2.10 bits per heavy atom. The Balaban J connectivity index is 2.13. The molecule has 2 rings (SSSR count). The molecule has 1 saturated carbocycles. The van der Waals surface area contributed by atoms with E-state index in [1.54, 1.807) is 12.1 Å². The zero-order valence-electron chi connectivity index (χ0n) is 12.2. The summed E-state index contributed by atoms with van der Waals surface area (Å²) in [7, 11) is -4.51. The summed E-state index contributed by atoms with van der Waals surface area (Å²) in [6.45, 7) is 4.39. The standard InChI is InChI=1S/C15H21F2NO2S/c1-10-4-3-5-11(2)14(10)18-12-6-8-13(9-7-12)21(19,20)15(16)17/h6-11,14-15,18H,3-5H2,1-2H3. The van der Waals surface area contributed by atoms with Crippen molar-refractivity contribution in [1.82, 2.24) is 0 Å². The second kappa shape index (κ2) is 6.30. The Labute approximate surface area is 124 Å². The lowest BCUT2D eigenvalue weighted by Gasteiger charge is -2.35. The van der Waals surface area contributed by atoms with E-state index >= 15 is 0 Å². The van der Waals surface area contributed by atoms with Crippen LogP contribution >= 0.6 is 0 Å². The van der Waals surface area contributed by atoms with Crippen LogP contribution in [0.1, 0.15) is 33.1 Å². The van der Waals surface area contributed by atoms with Crippen LogP contribution in [0.2, 0.25) is 0 Å². The zero-order valence-corrected chi connectivity index (χ0v) is 13.0. The van der Waals surface area contributed by atoms with Crippen LogP contribution in [0.3, 0.4) is 0 Å². The number of nitrogens with one attached hydrogen (secondary N) is 1. The van der Waals surface area contributed by atoms with Crippen LogP contribution < -0.4 is 5.32 Å². The Bertz CT molecular complexity index is 562. The van der Waals surface area contributed by atoms with Crippen molar-refractivity contribution in [2.45, 2.75) is 49.8 Å². The van der Waals surface area contributed by atoms with Gasteiger partial charge in [-0.15, -0.1) is 0 Å². The zero-order chi connectivity index (χ0) is 15.6. The summed E-state index contributed by atoms with van der Waals surface area (Å²) in [6, 6.07) is 5.92. The maximum absolute atomic E-state index is 12.5. The lowest BCUT2D eigenvalue weighted by Crippen LogP contribution is -2.37. The fourth-order valence-electron chi connectivity index (χ4n) is 3.00. The molecular weight excluding hydrogens is 296 g/mol. The maximum atomic E-state index is 12.5. The molecule has 0 amide bonds. The number of hydrogen-bond acceptors (Lipinski definition) is 3. The molecule has 0 bridgehead atoms. The van der Waals surface area contributed by atoms with Crippen molar-refractivity contribution < 1.29 is 17.2 Å². The lowest BCUT2D eigenvalue weighted by atomic mass is 9.78. The molecule has 0 radical (unpaired) electrons. The van der Waals surface area contributed by atoms with Gasteiger partial charge in [0.1, 0.15) is 0 Å². The van der Waals surface area contributed by atoms with Gasteiger partial charge in [-0.05, 0) is 48.9 Å². The van der Waals surface area contributed by atoms with Gasteiger partial charge in [-0.2, -0.15) is 8.78 Å². The molecule has 1 fully saturated rings. The van der Waals surface area contributed by atoms with Crippen LogP contribution in [-0.2, 0) is 9.84 Å². The van der Waals surface area contributed by atoms with Gasteiger partial charge in [-0.25, -0.2) is 8.42 Å². The van der Waals surface area contributed by atoms with Gasteiger partial charge in [0, 0.05) is 11.7 Å². The fraction of sp³-hybridized carbons (Fsp3) is 0.600. The molecule has 1 aliphatic carbocycles. The molecular formula is C15H21F2NO2S. The minimum Gasteiger partial charge on any atom is -0.382 e. The van der Waals surface area contributed by atoms with Crippen LogP contribution in [-0.4, -0.2) is 20.2 Å². The van der Waals surface area contributed by atoms with Gasteiger partial charge < -0.3 is 5.32 Å². The molecule has 2 unspecified atom stereocenters. The van der Waals surface area contributed by atoms with E-state index in [0.717, 1.165) is 5.69 Å². The predicted molar refractivity (Wildman–Crippen MR) is 79.2 cm³/mol. The van der Waals surface area contributed by atoms with Crippen LogP contribution in [0.4, 0.5) is 14.5 Å². The van der Waals surface area contributed by atoms with Gasteiger partial charge in [0.2, 0.25) is 9.84 Å². The first kappa shape index (κ1) is 16.2. The van der Waals surface area contributed by atoms with Gasteiger partial charge in [0.25, 0.3) is 0 Å². The number of rotatable bonds is 4. The van der Waals surface area contributed by atoms with E-state index in [-0.39, 0.29) is 4.90 Å². The van der Waals surface area contributed by atoms with Gasteiger partial charge in [0.05, 0.1) is 4.90 Å². The summed E-state index contributed by atoms with van der Waals surface area (Å²) < 4.78 is 47.7. The Morgan fingerprint density at radius 1 is 1.10 bits per heavy atom. The molecule has 2 atom stereocenters. The molecule has 3 nitrogen and oxygen atoms in total. The maximum Gasteiger partial charge on any atom is 0.341 e. The minimum absolute atomic E-state index is 0.330. The van der Waals surface area contributed by atoms with Crippen molar-refractivity contribution in [3.8, 4) is 0 Å². The summed E-state index contributed by atoms with van der Waals surface area (Å²) >= 11 is 0. The highest BCUT2D eigenvalue weighted by molar-refractivity contribution is 7.91. The molecule has 0 saturated heterocycles. The smallest absolute Gasteiger partial charge is 0.341 e. The lowest BCUT2D eigenvalue weighted by molar-refractivity contribution is 0.234. The highest BCUT2D eigenvalue weighted by atomic mass is 32.2. The van der Waals surface area contributed by atoms with Crippen molar-refractivity contribution in [2.24, 2.45) is 11.8 Å². The van der Waals surface area contributed by atoms with Crippen LogP contribution in [0, 0.1) is 11.8 Å². The van der Waals surface area contributed by atoms with E-state index in [2.05, 4.69) is 19.2 Å². The van der Waals surface area contributed by atoms with E-state index in [4.69, 9.17) is 0 Å². The molecule has 0 heterocycles. The van der Waals surface area contributed by atoms with Crippen molar-refractivity contribution in [1.29, 1.82) is 0 Å². The number of alkyl halides is 2. The summed E-state index contributed by atoms with van der Waals surface area (Å²) in [5.41, 5.74) is 0.772.